The zero-order valence-electron chi connectivity index (χ0n) is 18.5. The maximum absolute atomic E-state index is 14.6. The molecule has 1 aliphatic heterocycles. The first-order valence-corrected chi connectivity index (χ1v) is 11.1. The van der Waals surface area contributed by atoms with Crippen LogP contribution in [0, 0.1) is 11.2 Å². The van der Waals surface area contributed by atoms with Gasteiger partial charge in [-0.05, 0) is 42.2 Å². The first-order valence-electron chi connectivity index (χ1n) is 11.1. The molecule has 1 heterocycles. The smallest absolute Gasteiger partial charge is 0.253 e. The fourth-order valence-corrected chi connectivity index (χ4v) is 4.55. The molecule has 0 aromatic heterocycles. The molecule has 3 aromatic carbocycles. The number of carbonyl (C=O) groups excluding carboxylic acids is 2. The van der Waals surface area contributed by atoms with Crippen molar-refractivity contribution < 1.29 is 14.0 Å². The van der Waals surface area contributed by atoms with Crippen LogP contribution in [-0.2, 0) is 11.2 Å². The molecule has 1 saturated heterocycles. The molecule has 3 aromatic rings. The lowest BCUT2D eigenvalue weighted by atomic mass is 9.78. The topological polar surface area (TPSA) is 49.4 Å². The molecular weight excluding hydrogens is 415 g/mol. The van der Waals surface area contributed by atoms with E-state index in [1.807, 2.05) is 42.5 Å². The lowest BCUT2D eigenvalue weighted by Crippen LogP contribution is -2.45. The summed E-state index contributed by atoms with van der Waals surface area (Å²) in [5.74, 6) is -0.507. The largest absolute Gasteiger partial charge is 0.352 e. The molecule has 1 fully saturated rings. The zero-order valence-corrected chi connectivity index (χ0v) is 18.5. The van der Waals surface area contributed by atoms with Gasteiger partial charge in [-0.1, -0.05) is 66.7 Å². The van der Waals surface area contributed by atoms with Crippen molar-refractivity contribution in [2.24, 2.45) is 5.41 Å². The van der Waals surface area contributed by atoms with E-state index in [-0.39, 0.29) is 17.6 Å². The summed E-state index contributed by atoms with van der Waals surface area (Å²) in [6, 6.07) is 23.3. The lowest BCUT2D eigenvalue weighted by Gasteiger charge is -2.29. The van der Waals surface area contributed by atoms with Crippen LogP contribution in [0.2, 0.25) is 0 Å². The molecular formula is C28H27FN2O2. The molecule has 33 heavy (non-hydrogen) atoms. The molecule has 2 amide bonds. The molecule has 0 spiro atoms. The van der Waals surface area contributed by atoms with E-state index in [4.69, 9.17) is 0 Å². The Morgan fingerprint density at radius 2 is 1.64 bits per heavy atom. The van der Waals surface area contributed by atoms with Crippen LogP contribution >= 0.6 is 0 Å². The Hall–Kier alpha value is -3.73. The number of nitrogens with one attached hydrogen (secondary N) is 1. The van der Waals surface area contributed by atoms with E-state index in [1.165, 1.54) is 6.07 Å². The summed E-state index contributed by atoms with van der Waals surface area (Å²) in [5.41, 5.74) is 1.94. The highest BCUT2D eigenvalue weighted by Gasteiger charge is 2.46. The maximum Gasteiger partial charge on any atom is 0.253 e. The predicted molar refractivity (Wildman–Crippen MR) is 128 cm³/mol. The average Bonchev–Trinajstić information content (AvgIpc) is 3.28. The van der Waals surface area contributed by atoms with Gasteiger partial charge in [0.05, 0.1) is 5.41 Å². The maximum atomic E-state index is 14.6. The fraction of sp³-hybridized carbons (Fsp3) is 0.214. The van der Waals surface area contributed by atoms with Crippen LogP contribution in [0.5, 0.6) is 0 Å². The molecule has 5 heteroatoms. The highest BCUT2D eigenvalue weighted by Crippen LogP contribution is 2.38. The van der Waals surface area contributed by atoms with Gasteiger partial charge in [0, 0.05) is 30.8 Å². The highest BCUT2D eigenvalue weighted by molar-refractivity contribution is 5.95. The molecule has 1 N–H and O–H groups in total. The minimum Gasteiger partial charge on any atom is -0.352 e. The number of benzene rings is 3. The second-order valence-electron chi connectivity index (χ2n) is 8.44. The fourth-order valence-electron chi connectivity index (χ4n) is 4.55. The Labute approximate surface area is 193 Å². The minimum atomic E-state index is -0.811. The van der Waals surface area contributed by atoms with E-state index >= 15 is 0 Å². The number of carbonyl (C=O) groups is 2. The van der Waals surface area contributed by atoms with Gasteiger partial charge in [-0.25, -0.2) is 4.39 Å². The SMILES string of the molecule is C=CCNC(=O)[C@]1(Cc2ccccc2-c2ccccc2F)CCN(C(=O)c2ccccc2)C1. The molecule has 4 nitrogen and oxygen atoms in total. The van der Waals surface area contributed by atoms with Gasteiger partial charge >= 0.3 is 0 Å². The van der Waals surface area contributed by atoms with Gasteiger partial charge in [0.1, 0.15) is 5.82 Å². The number of hydrogen-bond donors (Lipinski definition) is 1. The highest BCUT2D eigenvalue weighted by atomic mass is 19.1. The van der Waals surface area contributed by atoms with Crippen molar-refractivity contribution in [2.45, 2.75) is 12.8 Å². The van der Waals surface area contributed by atoms with Gasteiger partial charge in [-0.2, -0.15) is 0 Å². The molecule has 0 saturated carbocycles. The van der Waals surface area contributed by atoms with E-state index in [0.29, 0.717) is 43.6 Å². The summed E-state index contributed by atoms with van der Waals surface area (Å²) < 4.78 is 14.6. The third kappa shape index (κ3) is 4.72. The van der Waals surface area contributed by atoms with Crippen molar-refractivity contribution in [3.63, 3.8) is 0 Å². The quantitative estimate of drug-likeness (QED) is 0.531. The lowest BCUT2D eigenvalue weighted by molar-refractivity contribution is -0.130. The summed E-state index contributed by atoms with van der Waals surface area (Å²) in [6.45, 7) is 4.82. The van der Waals surface area contributed by atoms with Crippen LogP contribution in [0.25, 0.3) is 11.1 Å². The average molecular weight is 443 g/mol. The summed E-state index contributed by atoms with van der Waals surface area (Å²) in [6.07, 6.45) is 2.57. The van der Waals surface area contributed by atoms with Crippen LogP contribution in [-0.4, -0.2) is 36.3 Å². The van der Waals surface area contributed by atoms with Crippen molar-refractivity contribution in [1.82, 2.24) is 10.2 Å². The first kappa shape index (κ1) is 22.5. The number of amides is 2. The number of nitrogens with zero attached hydrogens (tertiary/aromatic N) is 1. The van der Waals surface area contributed by atoms with E-state index < -0.39 is 5.41 Å². The third-order valence-electron chi connectivity index (χ3n) is 6.26. The molecule has 1 atom stereocenters. The van der Waals surface area contributed by atoms with Crippen molar-refractivity contribution in [3.8, 4) is 11.1 Å². The van der Waals surface area contributed by atoms with Crippen LogP contribution < -0.4 is 5.32 Å². The zero-order chi connectivity index (χ0) is 23.3. The number of rotatable bonds is 7. The second-order valence-corrected chi connectivity index (χ2v) is 8.44. The first-order chi connectivity index (χ1) is 16.0. The Morgan fingerprint density at radius 1 is 0.970 bits per heavy atom. The van der Waals surface area contributed by atoms with Gasteiger partial charge in [0.25, 0.3) is 5.91 Å². The van der Waals surface area contributed by atoms with Crippen LogP contribution in [0.1, 0.15) is 22.3 Å². The molecule has 4 rings (SSSR count). The van der Waals surface area contributed by atoms with Crippen LogP contribution in [0.15, 0.2) is 91.5 Å². The Bertz CT molecular complexity index is 1160. The van der Waals surface area contributed by atoms with Gasteiger partial charge in [-0.15, -0.1) is 6.58 Å². The monoisotopic (exact) mass is 442 g/mol. The van der Waals surface area contributed by atoms with E-state index in [0.717, 1.165) is 11.1 Å². The Balaban J connectivity index is 1.67. The molecule has 168 valence electrons. The van der Waals surface area contributed by atoms with Gasteiger partial charge in [-0.3, -0.25) is 9.59 Å². The third-order valence-corrected chi connectivity index (χ3v) is 6.26. The number of likely N-dealkylation sites (tertiary alicyclic amines) is 1. The molecule has 0 radical (unpaired) electrons. The summed E-state index contributed by atoms with van der Waals surface area (Å²) in [4.78, 5) is 28.2. The van der Waals surface area contributed by atoms with Crippen LogP contribution in [0.3, 0.4) is 0 Å². The summed E-state index contributed by atoms with van der Waals surface area (Å²) >= 11 is 0. The predicted octanol–water partition coefficient (Wildman–Crippen LogP) is 4.87. The van der Waals surface area contributed by atoms with Gasteiger partial charge in [0.2, 0.25) is 5.91 Å². The summed E-state index contributed by atoms with van der Waals surface area (Å²) in [7, 11) is 0. The van der Waals surface area contributed by atoms with Crippen molar-refractivity contribution in [2.75, 3.05) is 19.6 Å². The normalized spacial score (nSPS) is 17.5. The van der Waals surface area contributed by atoms with Gasteiger partial charge in [0.15, 0.2) is 0 Å². The number of halogens is 1. The van der Waals surface area contributed by atoms with Crippen LogP contribution in [0.4, 0.5) is 4.39 Å². The Morgan fingerprint density at radius 3 is 2.36 bits per heavy atom. The van der Waals surface area contributed by atoms with Gasteiger partial charge < -0.3 is 10.2 Å². The van der Waals surface area contributed by atoms with E-state index in [1.54, 1.807) is 41.3 Å². The summed E-state index contributed by atoms with van der Waals surface area (Å²) in [5, 5.41) is 2.94. The van der Waals surface area contributed by atoms with Crippen molar-refractivity contribution >= 4 is 11.8 Å². The van der Waals surface area contributed by atoms with Crippen molar-refractivity contribution in [3.05, 3.63) is 108 Å². The molecule has 0 unspecified atom stereocenters. The minimum absolute atomic E-state index is 0.0867. The van der Waals surface area contributed by atoms with Crippen molar-refractivity contribution in [1.29, 1.82) is 0 Å². The Kier molecular flexibility index (Phi) is 6.68. The van der Waals surface area contributed by atoms with E-state index in [2.05, 4.69) is 11.9 Å². The number of hydrogen-bond acceptors (Lipinski definition) is 2. The van der Waals surface area contributed by atoms with E-state index in [9.17, 15) is 14.0 Å². The molecule has 0 bridgehead atoms. The standard InChI is InChI=1S/C28H27FN2O2/c1-2-17-30-27(33)28(16-18-31(20-28)26(32)21-10-4-3-5-11-21)19-22-12-6-7-13-23(22)24-14-8-9-15-25(24)29/h2-15H,1,16-20H2,(H,30,33)/t28-/m0/s1. The molecule has 0 aliphatic carbocycles. The second kappa shape index (κ2) is 9.82. The molecule has 1 aliphatic rings.